The van der Waals surface area contributed by atoms with Crippen molar-refractivity contribution in [1.29, 1.82) is 0 Å². The molecule has 0 amide bonds. The molecule has 0 radical (unpaired) electrons. The van der Waals surface area contributed by atoms with E-state index >= 15 is 0 Å². The van der Waals surface area contributed by atoms with Crippen LogP contribution in [0.15, 0.2) is 60.7 Å². The van der Waals surface area contributed by atoms with E-state index < -0.39 is 0 Å². The summed E-state index contributed by atoms with van der Waals surface area (Å²) in [6, 6.07) is 21.6. The van der Waals surface area contributed by atoms with Crippen LogP contribution in [0, 0.1) is 0 Å². The van der Waals surface area contributed by atoms with E-state index in [1.54, 1.807) is 0 Å². The Kier molecular flexibility index (Phi) is 8.17. The molecule has 136 valence electrons. The number of benzene rings is 2. The lowest BCUT2D eigenvalue weighted by atomic mass is 10.1. The molecule has 0 bridgehead atoms. The Morgan fingerprint density at radius 2 is 1.28 bits per heavy atom. The van der Waals surface area contributed by atoms with Crippen LogP contribution in [-0.4, -0.2) is 43.6 Å². The Morgan fingerprint density at radius 1 is 0.720 bits per heavy atom. The van der Waals surface area contributed by atoms with Crippen LogP contribution in [0.2, 0.25) is 0 Å². The lowest BCUT2D eigenvalue weighted by Crippen LogP contribution is -2.39. The molecule has 2 aromatic rings. The topological polar surface area (TPSA) is 3.24 Å². The summed E-state index contributed by atoms with van der Waals surface area (Å²) in [6.07, 6.45) is 5.30. The number of unbranched alkanes of at least 4 members (excludes halogenated alkanes) is 3. The lowest BCUT2D eigenvalue weighted by Gasteiger charge is -2.30. The largest absolute Gasteiger partial charge is 0.325 e. The van der Waals surface area contributed by atoms with Crippen molar-refractivity contribution in [2.75, 3.05) is 34.2 Å². The van der Waals surface area contributed by atoms with Crippen LogP contribution >= 0.6 is 0 Å². The molecule has 0 aliphatic rings. The zero-order valence-corrected chi connectivity index (χ0v) is 16.3. The van der Waals surface area contributed by atoms with Gasteiger partial charge in [0.2, 0.25) is 0 Å². The minimum absolute atomic E-state index is 1.06. The number of hydrogen-bond acceptors (Lipinski definition) is 1. The third-order valence-electron chi connectivity index (χ3n) is 4.80. The maximum Gasteiger partial charge on any atom is 0.104 e. The minimum Gasteiger partial charge on any atom is -0.325 e. The highest BCUT2D eigenvalue weighted by molar-refractivity contribution is 5.14. The average molecular weight is 340 g/mol. The third-order valence-corrected chi connectivity index (χ3v) is 4.80. The second kappa shape index (κ2) is 10.4. The van der Waals surface area contributed by atoms with E-state index in [2.05, 4.69) is 86.7 Å². The van der Waals surface area contributed by atoms with Crippen LogP contribution in [0.4, 0.5) is 0 Å². The lowest BCUT2D eigenvalue weighted by molar-refractivity contribution is -0.903. The maximum atomic E-state index is 2.44. The van der Waals surface area contributed by atoms with Crippen molar-refractivity contribution in [2.45, 2.75) is 38.8 Å². The number of rotatable bonds is 11. The van der Waals surface area contributed by atoms with Gasteiger partial charge in [0.05, 0.1) is 20.6 Å². The monoisotopic (exact) mass is 339 g/mol. The molecule has 0 spiro atoms. The van der Waals surface area contributed by atoms with Crippen LogP contribution in [0.1, 0.15) is 36.8 Å². The molecular weight excluding hydrogens is 304 g/mol. The first-order valence-corrected chi connectivity index (χ1v) is 9.64. The average Bonchev–Trinajstić information content (AvgIpc) is 2.59. The molecule has 0 aliphatic heterocycles. The summed E-state index contributed by atoms with van der Waals surface area (Å²) in [4.78, 5) is 2.44. The smallest absolute Gasteiger partial charge is 0.104 e. The second-order valence-corrected chi connectivity index (χ2v) is 7.94. The van der Waals surface area contributed by atoms with Crippen LogP contribution in [-0.2, 0) is 13.1 Å². The van der Waals surface area contributed by atoms with Crippen molar-refractivity contribution in [1.82, 2.24) is 4.90 Å². The van der Waals surface area contributed by atoms with Crippen molar-refractivity contribution in [2.24, 2.45) is 0 Å². The van der Waals surface area contributed by atoms with Gasteiger partial charge >= 0.3 is 0 Å². The van der Waals surface area contributed by atoms with Crippen molar-refractivity contribution in [3.63, 3.8) is 0 Å². The fourth-order valence-electron chi connectivity index (χ4n) is 3.41. The van der Waals surface area contributed by atoms with Gasteiger partial charge in [-0.3, -0.25) is 0 Å². The second-order valence-electron chi connectivity index (χ2n) is 7.94. The molecule has 0 fully saturated rings. The van der Waals surface area contributed by atoms with Crippen LogP contribution in [0.5, 0.6) is 0 Å². The zero-order valence-electron chi connectivity index (χ0n) is 16.3. The minimum atomic E-state index is 1.06. The quantitative estimate of drug-likeness (QED) is 0.413. The highest BCUT2D eigenvalue weighted by Crippen LogP contribution is 2.12. The predicted octanol–water partition coefficient (Wildman–Crippen LogP) is 4.96. The molecule has 0 aliphatic carbocycles. The van der Waals surface area contributed by atoms with E-state index in [-0.39, 0.29) is 0 Å². The molecule has 2 rings (SSSR count). The molecule has 2 nitrogen and oxygen atoms in total. The van der Waals surface area contributed by atoms with Gasteiger partial charge in [0.15, 0.2) is 0 Å². The fourth-order valence-corrected chi connectivity index (χ4v) is 3.41. The molecule has 0 heterocycles. The van der Waals surface area contributed by atoms with Crippen LogP contribution in [0.25, 0.3) is 0 Å². The molecule has 0 saturated carbocycles. The standard InChI is InChI=1S/C23H35N2/c1-24(20-22-14-8-6-9-15-22)18-12-4-5-13-19-25(2,3)21-23-16-10-7-11-17-23/h6-11,14-17H,4-5,12-13,18-21H2,1-3H3/q+1. The zero-order chi connectivity index (χ0) is 18.0. The summed E-state index contributed by atoms with van der Waals surface area (Å²) in [5.41, 5.74) is 2.85. The fraction of sp³-hybridized carbons (Fsp3) is 0.478. The van der Waals surface area contributed by atoms with E-state index in [0.717, 1.165) is 17.6 Å². The van der Waals surface area contributed by atoms with Gasteiger partial charge < -0.3 is 9.38 Å². The summed E-state index contributed by atoms with van der Waals surface area (Å²) in [7, 11) is 6.92. The summed E-state index contributed by atoms with van der Waals surface area (Å²) in [5, 5.41) is 0. The summed E-state index contributed by atoms with van der Waals surface area (Å²) >= 11 is 0. The van der Waals surface area contributed by atoms with Gasteiger partial charge in [-0.15, -0.1) is 0 Å². The van der Waals surface area contributed by atoms with Gasteiger partial charge in [0.25, 0.3) is 0 Å². The van der Waals surface area contributed by atoms with E-state index in [1.807, 2.05) is 0 Å². The number of nitrogens with zero attached hydrogens (tertiary/aromatic N) is 2. The van der Waals surface area contributed by atoms with E-state index in [0.29, 0.717) is 0 Å². The van der Waals surface area contributed by atoms with Crippen LogP contribution in [0.3, 0.4) is 0 Å². The Labute approximate surface area is 154 Å². The van der Waals surface area contributed by atoms with Gasteiger partial charge in [-0.2, -0.15) is 0 Å². The highest BCUT2D eigenvalue weighted by Gasteiger charge is 2.14. The Bertz CT molecular complexity index is 578. The van der Waals surface area contributed by atoms with E-state index in [9.17, 15) is 0 Å². The molecule has 2 aromatic carbocycles. The summed E-state index contributed by atoms with van der Waals surface area (Å²) in [6.45, 7) is 4.63. The predicted molar refractivity (Wildman–Crippen MR) is 108 cm³/mol. The highest BCUT2D eigenvalue weighted by atomic mass is 15.3. The molecule has 0 atom stereocenters. The first-order chi connectivity index (χ1) is 12.1. The molecule has 0 aromatic heterocycles. The molecule has 0 unspecified atom stereocenters. The van der Waals surface area contributed by atoms with Crippen molar-refractivity contribution in [3.8, 4) is 0 Å². The van der Waals surface area contributed by atoms with Gasteiger partial charge in [-0.1, -0.05) is 67.1 Å². The van der Waals surface area contributed by atoms with Gasteiger partial charge in [-0.05, 0) is 38.4 Å². The molecule has 0 saturated heterocycles. The Balaban J connectivity index is 1.55. The van der Waals surface area contributed by atoms with Gasteiger partial charge in [0.1, 0.15) is 6.54 Å². The number of hydrogen-bond donors (Lipinski definition) is 0. The number of quaternary nitrogens is 1. The molecular formula is C23H35N2+. The van der Waals surface area contributed by atoms with Crippen molar-refractivity contribution in [3.05, 3.63) is 71.8 Å². The Hall–Kier alpha value is -1.64. The summed E-state index contributed by atoms with van der Waals surface area (Å²) < 4.78 is 1.08. The van der Waals surface area contributed by atoms with E-state index in [4.69, 9.17) is 0 Å². The SMILES string of the molecule is CN(CCCCCC[N+](C)(C)Cc1ccccc1)Cc1ccccc1. The first kappa shape index (κ1) is 19.7. The van der Waals surface area contributed by atoms with Gasteiger partial charge in [0, 0.05) is 12.1 Å². The maximum absolute atomic E-state index is 2.44. The third kappa shape index (κ3) is 8.33. The molecule has 25 heavy (non-hydrogen) atoms. The normalized spacial score (nSPS) is 11.8. The summed E-state index contributed by atoms with van der Waals surface area (Å²) in [5.74, 6) is 0. The first-order valence-electron chi connectivity index (χ1n) is 9.64. The van der Waals surface area contributed by atoms with Crippen molar-refractivity contribution < 1.29 is 4.48 Å². The Morgan fingerprint density at radius 3 is 1.92 bits per heavy atom. The van der Waals surface area contributed by atoms with Gasteiger partial charge in [-0.25, -0.2) is 0 Å². The molecule has 2 heteroatoms. The van der Waals surface area contributed by atoms with Crippen molar-refractivity contribution >= 4 is 0 Å². The van der Waals surface area contributed by atoms with E-state index in [1.165, 1.54) is 49.9 Å². The molecule has 0 N–H and O–H groups in total. The van der Waals surface area contributed by atoms with Crippen LogP contribution < -0.4 is 0 Å².